The van der Waals surface area contributed by atoms with Crippen LogP contribution in [-0.2, 0) is 29.4 Å². The molecule has 0 spiro atoms. The number of hydrogen-bond donors (Lipinski definition) is 3. The molecule has 2 rings (SSSR count). The Morgan fingerprint density at radius 1 is 1.26 bits per heavy atom. The zero-order valence-corrected chi connectivity index (χ0v) is 17.6. The fourth-order valence-electron chi connectivity index (χ4n) is 2.36. The van der Waals surface area contributed by atoms with Crippen LogP contribution in [0.1, 0.15) is 29.3 Å². The Balaban J connectivity index is 1.97. The lowest BCUT2D eigenvalue weighted by atomic mass is 10.2. The molecule has 7 nitrogen and oxygen atoms in total. The maximum Gasteiger partial charge on any atom is 0.240 e. The van der Waals surface area contributed by atoms with E-state index < -0.39 is 10.0 Å². The van der Waals surface area contributed by atoms with Gasteiger partial charge in [-0.25, -0.2) is 23.1 Å². The molecule has 0 saturated heterocycles. The molecule has 0 radical (unpaired) electrons. The summed E-state index contributed by atoms with van der Waals surface area (Å²) in [6, 6.07) is 6.80. The van der Waals surface area contributed by atoms with Crippen LogP contribution in [0.15, 0.2) is 40.4 Å². The molecule has 3 N–H and O–H groups in total. The highest BCUT2D eigenvalue weighted by molar-refractivity contribution is 7.89. The molecule has 1 heterocycles. The van der Waals surface area contributed by atoms with Crippen LogP contribution in [0.3, 0.4) is 0 Å². The Bertz CT molecular complexity index is 862. The van der Waals surface area contributed by atoms with Crippen LogP contribution < -0.4 is 15.4 Å². The van der Waals surface area contributed by atoms with E-state index in [1.165, 1.54) is 11.9 Å². The number of aryl methyl sites for hydroxylation is 1. The summed E-state index contributed by atoms with van der Waals surface area (Å²) in [5.74, 6) is 0.701. The van der Waals surface area contributed by atoms with E-state index >= 15 is 0 Å². The average molecular weight is 410 g/mol. The zero-order valence-electron chi connectivity index (χ0n) is 15.9. The minimum Gasteiger partial charge on any atom is -0.357 e. The second kappa shape index (κ2) is 10.4. The lowest BCUT2D eigenvalue weighted by Gasteiger charge is -2.11. The van der Waals surface area contributed by atoms with Gasteiger partial charge in [-0.3, -0.25) is 0 Å². The van der Waals surface area contributed by atoms with Crippen LogP contribution in [0.2, 0.25) is 0 Å². The van der Waals surface area contributed by atoms with Gasteiger partial charge in [-0.15, -0.1) is 11.3 Å². The summed E-state index contributed by atoms with van der Waals surface area (Å²) in [5, 5.41) is 7.61. The van der Waals surface area contributed by atoms with Crippen molar-refractivity contribution in [3.63, 3.8) is 0 Å². The number of thiazole rings is 1. The molecular formula is C18H27N5O2S2. The van der Waals surface area contributed by atoms with Crippen molar-refractivity contribution in [3.05, 3.63) is 45.9 Å². The molecule has 0 bridgehead atoms. The minimum atomic E-state index is -3.45. The smallest absolute Gasteiger partial charge is 0.240 e. The summed E-state index contributed by atoms with van der Waals surface area (Å²) in [5.41, 5.74) is 0.830. The van der Waals surface area contributed by atoms with Crippen molar-refractivity contribution < 1.29 is 8.42 Å². The fourth-order valence-corrected chi connectivity index (χ4v) is 4.02. The third-order valence-electron chi connectivity index (χ3n) is 3.82. The van der Waals surface area contributed by atoms with Crippen LogP contribution >= 0.6 is 11.3 Å². The average Bonchev–Trinajstić information content (AvgIpc) is 3.14. The van der Waals surface area contributed by atoms with Crippen molar-refractivity contribution in [3.8, 4) is 0 Å². The molecule has 27 heavy (non-hydrogen) atoms. The number of hydrogen-bond acceptors (Lipinski definition) is 5. The number of benzene rings is 1. The number of aliphatic imine (C=N–C) groups is 1. The molecule has 0 atom stereocenters. The van der Waals surface area contributed by atoms with Gasteiger partial charge in [0.05, 0.1) is 16.4 Å². The van der Waals surface area contributed by atoms with Crippen molar-refractivity contribution in [2.24, 2.45) is 4.99 Å². The van der Waals surface area contributed by atoms with E-state index in [1.807, 2.05) is 19.2 Å². The molecule has 0 saturated carbocycles. The summed E-state index contributed by atoms with van der Waals surface area (Å²) in [7, 11) is -2.05. The van der Waals surface area contributed by atoms with E-state index in [4.69, 9.17) is 0 Å². The van der Waals surface area contributed by atoms with Gasteiger partial charge in [-0.05, 0) is 38.1 Å². The number of aromatic nitrogens is 1. The van der Waals surface area contributed by atoms with Crippen molar-refractivity contribution in [1.82, 2.24) is 20.3 Å². The van der Waals surface area contributed by atoms with Gasteiger partial charge in [0.1, 0.15) is 0 Å². The van der Waals surface area contributed by atoms with Gasteiger partial charge >= 0.3 is 0 Å². The normalized spacial score (nSPS) is 12.2. The number of guanidine groups is 1. The highest BCUT2D eigenvalue weighted by atomic mass is 32.2. The van der Waals surface area contributed by atoms with Gasteiger partial charge in [0.25, 0.3) is 0 Å². The molecule has 0 aliphatic rings. The van der Waals surface area contributed by atoms with Crippen LogP contribution in [0.25, 0.3) is 0 Å². The van der Waals surface area contributed by atoms with Gasteiger partial charge in [-0.2, -0.15) is 0 Å². The molecule has 0 unspecified atom stereocenters. The molecule has 1 aromatic carbocycles. The van der Waals surface area contributed by atoms with Gasteiger partial charge in [0.2, 0.25) is 10.0 Å². The Labute approximate surface area is 165 Å². The maximum atomic E-state index is 11.9. The van der Waals surface area contributed by atoms with E-state index in [0.717, 1.165) is 36.5 Å². The third kappa shape index (κ3) is 6.60. The van der Waals surface area contributed by atoms with Crippen molar-refractivity contribution in [2.75, 3.05) is 20.1 Å². The first-order chi connectivity index (χ1) is 13.0. The van der Waals surface area contributed by atoms with Gasteiger partial charge in [0.15, 0.2) is 5.96 Å². The predicted molar refractivity (Wildman–Crippen MR) is 111 cm³/mol. The monoisotopic (exact) mass is 409 g/mol. The number of nitrogens with zero attached hydrogens (tertiary/aromatic N) is 2. The Morgan fingerprint density at radius 3 is 2.74 bits per heavy atom. The highest BCUT2D eigenvalue weighted by Crippen LogP contribution is 2.13. The first-order valence-corrected chi connectivity index (χ1v) is 11.3. The topological polar surface area (TPSA) is 95.5 Å². The summed E-state index contributed by atoms with van der Waals surface area (Å²) in [6.45, 7) is 6.00. The summed E-state index contributed by atoms with van der Waals surface area (Å²) < 4.78 is 26.2. The Kier molecular flexibility index (Phi) is 8.21. The lowest BCUT2D eigenvalue weighted by Crippen LogP contribution is -2.38. The molecule has 148 valence electrons. The van der Waals surface area contributed by atoms with Crippen molar-refractivity contribution in [2.45, 2.75) is 38.1 Å². The number of nitrogens with one attached hydrogen (secondary N) is 3. The largest absolute Gasteiger partial charge is 0.357 e. The molecule has 9 heteroatoms. The summed E-state index contributed by atoms with van der Waals surface area (Å²) in [4.78, 5) is 10.5. The van der Waals surface area contributed by atoms with Gasteiger partial charge in [0, 0.05) is 30.6 Å². The van der Waals surface area contributed by atoms with Crippen molar-refractivity contribution >= 4 is 27.3 Å². The summed E-state index contributed by atoms with van der Waals surface area (Å²) >= 11 is 1.74. The lowest BCUT2D eigenvalue weighted by molar-refractivity contribution is 0.588. The second-order valence-corrected chi connectivity index (χ2v) is 8.89. The molecule has 1 aromatic heterocycles. The highest BCUT2D eigenvalue weighted by Gasteiger charge is 2.11. The van der Waals surface area contributed by atoms with E-state index in [2.05, 4.69) is 32.3 Å². The molecule has 0 aliphatic heterocycles. The third-order valence-corrected chi connectivity index (χ3v) is 6.44. The van der Waals surface area contributed by atoms with Crippen molar-refractivity contribution in [1.29, 1.82) is 0 Å². The second-order valence-electron chi connectivity index (χ2n) is 5.80. The quantitative estimate of drug-likeness (QED) is 0.434. The van der Waals surface area contributed by atoms with Gasteiger partial charge < -0.3 is 10.6 Å². The molecular weight excluding hydrogens is 382 g/mol. The summed E-state index contributed by atoms with van der Waals surface area (Å²) in [6.07, 6.45) is 3.79. The Morgan fingerprint density at radius 2 is 2.07 bits per heavy atom. The predicted octanol–water partition coefficient (Wildman–Crippen LogP) is 1.91. The standard InChI is InChI=1S/C18H27N5O2S2/c1-4-15-13-22-17(26-15)9-10-21-18(20-5-2)23-12-14-7-6-8-16(11-14)27(24,25)19-3/h6-8,11,13,19H,4-5,9-10,12H2,1-3H3,(H2,20,21,23). The van der Waals surface area contributed by atoms with Gasteiger partial charge in [-0.1, -0.05) is 19.1 Å². The minimum absolute atomic E-state index is 0.242. The fraction of sp³-hybridized carbons (Fsp3) is 0.444. The van der Waals surface area contributed by atoms with Crippen LogP contribution in [0.5, 0.6) is 0 Å². The first kappa shape index (κ1) is 21.3. The van der Waals surface area contributed by atoms with Crippen LogP contribution in [0.4, 0.5) is 0 Å². The Hall–Kier alpha value is -1.97. The number of rotatable bonds is 9. The molecule has 0 aliphatic carbocycles. The first-order valence-electron chi connectivity index (χ1n) is 8.96. The van der Waals surface area contributed by atoms with Crippen LogP contribution in [0, 0.1) is 0 Å². The van der Waals surface area contributed by atoms with E-state index in [-0.39, 0.29) is 4.90 Å². The molecule has 2 aromatic rings. The van der Waals surface area contributed by atoms with E-state index in [9.17, 15) is 8.42 Å². The zero-order chi connectivity index (χ0) is 19.7. The van der Waals surface area contributed by atoms with Crippen LogP contribution in [-0.4, -0.2) is 39.5 Å². The molecule has 0 amide bonds. The van der Waals surface area contributed by atoms with E-state index in [0.29, 0.717) is 12.5 Å². The number of sulfonamides is 1. The van der Waals surface area contributed by atoms with E-state index in [1.54, 1.807) is 29.5 Å². The molecule has 0 fully saturated rings. The SMILES string of the molecule is CCNC(=NCc1cccc(S(=O)(=O)NC)c1)NCCc1ncc(CC)s1. The maximum absolute atomic E-state index is 11.9.